The molecule has 1 heterocycles. The number of aromatic nitrogens is 1. The largest absolute Gasteiger partial charge is 0.612 e. The van der Waals surface area contributed by atoms with Crippen molar-refractivity contribution in [3.05, 3.63) is 18.3 Å². The molecule has 5 heteroatoms. The fourth-order valence-corrected chi connectivity index (χ4v) is 1.42. The summed E-state index contributed by atoms with van der Waals surface area (Å²) in [4.78, 5) is 15.6. The van der Waals surface area contributed by atoms with E-state index in [1.165, 1.54) is 6.20 Å². The first kappa shape index (κ1) is 11.0. The van der Waals surface area contributed by atoms with Crippen molar-refractivity contribution < 1.29 is 9.35 Å². The van der Waals surface area contributed by atoms with Gasteiger partial charge < -0.3 is 9.87 Å². The Balaban J connectivity index is 2.78. The third-order valence-corrected chi connectivity index (χ3v) is 2.57. The van der Waals surface area contributed by atoms with Crippen LogP contribution >= 0.6 is 0 Å². The summed E-state index contributed by atoms with van der Waals surface area (Å²) in [5.74, 6) is 0.348. The number of nitrogens with zero attached hydrogens (tertiary/aromatic N) is 1. The molecule has 76 valence electrons. The van der Waals surface area contributed by atoms with Crippen LogP contribution in [0.2, 0.25) is 0 Å². The summed E-state index contributed by atoms with van der Waals surface area (Å²) in [7, 11) is 0. The minimum absolute atomic E-state index is 0.100. The smallest absolute Gasteiger partial charge is 0.225 e. The van der Waals surface area contributed by atoms with Crippen molar-refractivity contribution in [2.45, 2.75) is 18.2 Å². The minimum atomic E-state index is -1.05. The molecule has 0 spiro atoms. The van der Waals surface area contributed by atoms with Crippen molar-refractivity contribution in [3.8, 4) is 0 Å². The van der Waals surface area contributed by atoms with Crippen LogP contribution in [0.3, 0.4) is 0 Å². The van der Waals surface area contributed by atoms with Crippen LogP contribution in [0.15, 0.2) is 23.2 Å². The van der Waals surface area contributed by atoms with Crippen molar-refractivity contribution in [1.29, 1.82) is 0 Å². The van der Waals surface area contributed by atoms with Crippen LogP contribution in [0.1, 0.15) is 13.3 Å². The zero-order chi connectivity index (χ0) is 10.6. The van der Waals surface area contributed by atoms with Crippen molar-refractivity contribution in [1.82, 2.24) is 4.98 Å². The van der Waals surface area contributed by atoms with Gasteiger partial charge in [-0.05, 0) is 11.2 Å². The van der Waals surface area contributed by atoms with Gasteiger partial charge >= 0.3 is 0 Å². The minimum Gasteiger partial charge on any atom is -0.612 e. The van der Waals surface area contributed by atoms with Crippen LogP contribution < -0.4 is 5.32 Å². The summed E-state index contributed by atoms with van der Waals surface area (Å²) >= 11 is -1.05. The van der Waals surface area contributed by atoms with E-state index in [2.05, 4.69) is 10.3 Å². The molecular formula is C9H12N2O2S. The van der Waals surface area contributed by atoms with Crippen molar-refractivity contribution in [2.24, 2.45) is 0 Å². The average Bonchev–Trinajstić information content (AvgIpc) is 2.18. The molecule has 1 unspecified atom stereocenters. The molecule has 0 aromatic carbocycles. The second-order valence-corrected chi connectivity index (χ2v) is 4.11. The monoisotopic (exact) mass is 212 g/mol. The predicted molar refractivity (Wildman–Crippen MR) is 55.5 cm³/mol. The maximum absolute atomic E-state index is 11.1. The lowest BCUT2D eigenvalue weighted by atomic mass is 10.4. The number of hydrogen-bond donors (Lipinski definition) is 1. The Bertz CT molecular complexity index is 328. The number of carbonyl (C=O) groups is 1. The predicted octanol–water partition coefficient (Wildman–Crippen LogP) is 1.17. The van der Waals surface area contributed by atoms with Gasteiger partial charge in [-0.2, -0.15) is 0 Å². The normalized spacial score (nSPS) is 12.2. The topological polar surface area (TPSA) is 65.0 Å². The molecule has 1 amide bonds. The summed E-state index contributed by atoms with van der Waals surface area (Å²) in [6.07, 6.45) is 3.52. The van der Waals surface area contributed by atoms with Crippen LogP contribution in [0.25, 0.3) is 0 Å². The number of rotatable bonds is 3. The summed E-state index contributed by atoms with van der Waals surface area (Å²) < 4.78 is 11.1. The number of hydrogen-bond acceptors (Lipinski definition) is 3. The summed E-state index contributed by atoms with van der Waals surface area (Å²) in [6.45, 7) is 1.76. The molecule has 0 saturated carbocycles. The van der Waals surface area contributed by atoms with Crippen molar-refractivity contribution >= 4 is 22.9 Å². The number of anilines is 1. The fourth-order valence-electron chi connectivity index (χ4n) is 0.890. The third-order valence-electron chi connectivity index (χ3n) is 1.65. The van der Waals surface area contributed by atoms with E-state index >= 15 is 0 Å². The maximum atomic E-state index is 11.1. The molecule has 0 aliphatic rings. The third kappa shape index (κ3) is 3.01. The first-order valence-electron chi connectivity index (χ1n) is 4.22. The van der Waals surface area contributed by atoms with Gasteiger partial charge in [0.25, 0.3) is 0 Å². The molecule has 0 aliphatic carbocycles. The lowest BCUT2D eigenvalue weighted by Gasteiger charge is -2.06. The molecule has 0 fully saturated rings. The maximum Gasteiger partial charge on any atom is 0.225 e. The van der Waals surface area contributed by atoms with E-state index in [-0.39, 0.29) is 5.91 Å². The molecule has 0 radical (unpaired) electrons. The Morgan fingerprint density at radius 3 is 3.00 bits per heavy atom. The second-order valence-electron chi connectivity index (χ2n) is 2.73. The van der Waals surface area contributed by atoms with Crippen LogP contribution in [0.4, 0.5) is 5.82 Å². The van der Waals surface area contributed by atoms with Gasteiger partial charge in [-0.15, -0.1) is 0 Å². The first-order valence-corrected chi connectivity index (χ1v) is 5.78. The van der Waals surface area contributed by atoms with Gasteiger partial charge in [-0.1, -0.05) is 6.92 Å². The molecule has 4 nitrogen and oxygen atoms in total. The number of pyridine rings is 1. The van der Waals surface area contributed by atoms with Crippen LogP contribution in [-0.4, -0.2) is 21.7 Å². The van der Waals surface area contributed by atoms with Crippen LogP contribution in [0.5, 0.6) is 0 Å². The second kappa shape index (κ2) is 4.97. The highest BCUT2D eigenvalue weighted by molar-refractivity contribution is 7.90. The Morgan fingerprint density at radius 1 is 1.71 bits per heavy atom. The van der Waals surface area contributed by atoms with E-state index in [1.807, 2.05) is 0 Å². The molecule has 0 aliphatic heterocycles. The summed E-state index contributed by atoms with van der Waals surface area (Å²) in [5.41, 5.74) is 0. The zero-order valence-electron chi connectivity index (χ0n) is 8.11. The van der Waals surface area contributed by atoms with Crippen LogP contribution in [0, 0.1) is 0 Å². The Hall–Kier alpha value is -1.07. The SMILES string of the molecule is CCC(=O)Nc1cc([S+](C)[O-])ccn1. The molecule has 1 aromatic rings. The summed E-state index contributed by atoms with van der Waals surface area (Å²) in [5, 5.41) is 2.60. The number of nitrogens with one attached hydrogen (secondary N) is 1. The molecule has 1 rings (SSSR count). The Labute approximate surface area is 85.9 Å². The van der Waals surface area contributed by atoms with E-state index in [9.17, 15) is 9.35 Å². The number of carbonyl (C=O) groups excluding carboxylic acids is 1. The van der Waals surface area contributed by atoms with Crippen LogP contribution in [-0.2, 0) is 16.0 Å². The molecule has 1 N–H and O–H groups in total. The molecule has 1 aromatic heterocycles. The lowest BCUT2D eigenvalue weighted by molar-refractivity contribution is -0.115. The van der Waals surface area contributed by atoms with E-state index < -0.39 is 11.2 Å². The first-order chi connectivity index (χ1) is 6.63. The number of amides is 1. The molecule has 1 atom stereocenters. The molecule has 14 heavy (non-hydrogen) atoms. The highest BCUT2D eigenvalue weighted by atomic mass is 32.2. The Kier molecular flexibility index (Phi) is 3.91. The molecular weight excluding hydrogens is 200 g/mol. The molecule has 0 saturated heterocycles. The summed E-state index contributed by atoms with van der Waals surface area (Å²) in [6, 6.07) is 3.28. The molecule has 0 bridgehead atoms. The van der Waals surface area contributed by atoms with Gasteiger partial charge in [-0.3, -0.25) is 4.79 Å². The average molecular weight is 212 g/mol. The van der Waals surface area contributed by atoms with Gasteiger partial charge in [0.1, 0.15) is 12.1 Å². The van der Waals surface area contributed by atoms with Gasteiger partial charge in [0, 0.05) is 24.8 Å². The fraction of sp³-hybridized carbons (Fsp3) is 0.333. The van der Waals surface area contributed by atoms with Crippen molar-refractivity contribution in [2.75, 3.05) is 11.6 Å². The Morgan fingerprint density at radius 2 is 2.43 bits per heavy atom. The van der Waals surface area contributed by atoms with E-state index in [0.717, 1.165) is 0 Å². The standard InChI is InChI=1S/C9H12N2O2S/c1-3-9(12)11-8-6-7(14(2)13)4-5-10-8/h4-6H,3H2,1-2H3,(H,10,11,12). The van der Waals surface area contributed by atoms with E-state index in [0.29, 0.717) is 17.1 Å². The van der Waals surface area contributed by atoms with Gasteiger partial charge in [0.2, 0.25) is 5.91 Å². The highest BCUT2D eigenvalue weighted by Crippen LogP contribution is 2.12. The van der Waals surface area contributed by atoms with E-state index in [4.69, 9.17) is 0 Å². The van der Waals surface area contributed by atoms with Crippen molar-refractivity contribution in [3.63, 3.8) is 0 Å². The van der Waals surface area contributed by atoms with Gasteiger partial charge in [-0.25, -0.2) is 4.98 Å². The zero-order valence-corrected chi connectivity index (χ0v) is 8.93. The lowest BCUT2D eigenvalue weighted by Crippen LogP contribution is -2.11. The highest BCUT2D eigenvalue weighted by Gasteiger charge is 2.06. The quantitative estimate of drug-likeness (QED) is 0.765. The van der Waals surface area contributed by atoms with Gasteiger partial charge in [0.15, 0.2) is 4.90 Å². The van der Waals surface area contributed by atoms with E-state index in [1.54, 1.807) is 25.3 Å². The van der Waals surface area contributed by atoms with Gasteiger partial charge in [0.05, 0.1) is 0 Å².